The van der Waals surface area contributed by atoms with Crippen LogP contribution in [0.5, 0.6) is 5.75 Å². The molecule has 0 aliphatic carbocycles. The summed E-state index contributed by atoms with van der Waals surface area (Å²) in [5.74, 6) is 0.553. The van der Waals surface area contributed by atoms with Crippen LogP contribution in [0, 0.1) is 0 Å². The number of halogens is 1. The fourth-order valence-electron chi connectivity index (χ4n) is 3.05. The molecule has 0 saturated heterocycles. The maximum atomic E-state index is 13.2. The first-order valence-electron chi connectivity index (χ1n) is 9.97. The molecule has 8 heteroatoms. The van der Waals surface area contributed by atoms with E-state index >= 15 is 0 Å². The number of carbonyl (C=O) groups is 1. The van der Waals surface area contributed by atoms with Crippen molar-refractivity contribution in [3.8, 4) is 5.75 Å². The van der Waals surface area contributed by atoms with Gasteiger partial charge in [0, 0.05) is 48.7 Å². The van der Waals surface area contributed by atoms with Crippen molar-refractivity contribution >= 4 is 44.7 Å². The molecule has 0 saturated carbocycles. The van der Waals surface area contributed by atoms with E-state index in [1.165, 1.54) is 17.8 Å². The zero-order valence-corrected chi connectivity index (χ0v) is 19.8. The first-order valence-corrected chi connectivity index (χ1v) is 10.8. The maximum Gasteiger partial charge on any atom is 0.308 e. The number of fused-ring (bicyclic) bond motifs is 1. The Morgan fingerprint density at radius 1 is 1.29 bits per heavy atom. The molecule has 3 rings (SSSR count). The second-order valence-electron chi connectivity index (χ2n) is 7.51. The van der Waals surface area contributed by atoms with Gasteiger partial charge < -0.3 is 9.64 Å². The molecule has 0 bridgehead atoms. The number of hydrogen-bond acceptors (Lipinski definition) is 6. The standard InChI is InChI=1S/C23H25BrN4O3/c1-6-14(2)22-26-20-10-8-17(24)11-19(20)23(30)28(22)25-13-16-7-9-18(27(4)5)12-21(16)31-15(3)29/h7-14H,6H2,1-5H3/t14-/m1/s1. The Kier molecular flexibility index (Phi) is 6.90. The van der Waals surface area contributed by atoms with Crippen LogP contribution in [0.4, 0.5) is 5.69 Å². The fourth-order valence-corrected chi connectivity index (χ4v) is 3.41. The topological polar surface area (TPSA) is 76.8 Å². The minimum absolute atomic E-state index is 0.0296. The number of carbonyl (C=O) groups excluding carboxylic acids is 1. The Bertz CT molecular complexity index is 1220. The monoisotopic (exact) mass is 484 g/mol. The highest BCUT2D eigenvalue weighted by Gasteiger charge is 2.16. The molecule has 1 heterocycles. The lowest BCUT2D eigenvalue weighted by Crippen LogP contribution is -2.23. The van der Waals surface area contributed by atoms with Crippen LogP contribution in [0.3, 0.4) is 0 Å². The Balaban J connectivity index is 2.17. The van der Waals surface area contributed by atoms with E-state index in [2.05, 4.69) is 21.0 Å². The van der Waals surface area contributed by atoms with E-state index in [0.717, 1.165) is 16.6 Å². The number of hydrogen-bond donors (Lipinski definition) is 0. The summed E-state index contributed by atoms with van der Waals surface area (Å²) in [5, 5.41) is 4.94. The highest BCUT2D eigenvalue weighted by molar-refractivity contribution is 9.10. The summed E-state index contributed by atoms with van der Waals surface area (Å²) in [5.41, 5.74) is 1.84. The third kappa shape index (κ3) is 5.02. The molecular weight excluding hydrogens is 460 g/mol. The van der Waals surface area contributed by atoms with E-state index in [9.17, 15) is 9.59 Å². The average molecular weight is 485 g/mol. The van der Waals surface area contributed by atoms with E-state index in [0.29, 0.717) is 28.0 Å². The largest absolute Gasteiger partial charge is 0.426 e. The summed E-state index contributed by atoms with van der Waals surface area (Å²) in [6.07, 6.45) is 2.33. The van der Waals surface area contributed by atoms with Gasteiger partial charge in [0.25, 0.3) is 5.56 Å². The predicted octanol–water partition coefficient (Wildman–Crippen LogP) is 4.55. The highest BCUT2D eigenvalue weighted by atomic mass is 79.9. The van der Waals surface area contributed by atoms with Crippen LogP contribution >= 0.6 is 15.9 Å². The number of rotatable bonds is 6. The predicted molar refractivity (Wildman–Crippen MR) is 127 cm³/mol. The molecule has 2 aromatic carbocycles. The number of ether oxygens (including phenoxy) is 1. The fraction of sp³-hybridized carbons (Fsp3) is 0.304. The molecule has 0 unspecified atom stereocenters. The minimum atomic E-state index is -0.430. The average Bonchev–Trinajstić information content (AvgIpc) is 2.73. The van der Waals surface area contributed by atoms with Crippen molar-refractivity contribution < 1.29 is 9.53 Å². The maximum absolute atomic E-state index is 13.2. The molecule has 0 radical (unpaired) electrons. The van der Waals surface area contributed by atoms with Crippen molar-refractivity contribution in [2.24, 2.45) is 5.10 Å². The summed E-state index contributed by atoms with van der Waals surface area (Å²) in [4.78, 5) is 31.4. The summed E-state index contributed by atoms with van der Waals surface area (Å²) >= 11 is 3.41. The van der Waals surface area contributed by atoms with Crippen LogP contribution in [0.2, 0.25) is 0 Å². The zero-order chi connectivity index (χ0) is 22.7. The molecule has 162 valence electrons. The molecule has 0 aliphatic rings. The van der Waals surface area contributed by atoms with Gasteiger partial charge >= 0.3 is 5.97 Å². The van der Waals surface area contributed by atoms with Gasteiger partial charge in [0.15, 0.2) is 0 Å². The van der Waals surface area contributed by atoms with Gasteiger partial charge in [-0.25, -0.2) is 4.98 Å². The summed E-state index contributed by atoms with van der Waals surface area (Å²) < 4.78 is 7.50. The molecule has 0 N–H and O–H groups in total. The molecule has 0 amide bonds. The third-order valence-electron chi connectivity index (χ3n) is 4.97. The number of benzene rings is 2. The quantitative estimate of drug-likeness (QED) is 0.291. The summed E-state index contributed by atoms with van der Waals surface area (Å²) in [7, 11) is 3.80. The van der Waals surface area contributed by atoms with E-state index in [1.807, 2.05) is 51.0 Å². The highest BCUT2D eigenvalue weighted by Crippen LogP contribution is 2.25. The van der Waals surface area contributed by atoms with E-state index < -0.39 is 5.97 Å². The number of nitrogens with zero attached hydrogens (tertiary/aromatic N) is 4. The van der Waals surface area contributed by atoms with Gasteiger partial charge in [-0.3, -0.25) is 9.59 Å². The van der Waals surface area contributed by atoms with Gasteiger partial charge in [0.05, 0.1) is 17.1 Å². The van der Waals surface area contributed by atoms with Crippen molar-refractivity contribution in [2.75, 3.05) is 19.0 Å². The Morgan fingerprint density at radius 2 is 2.03 bits per heavy atom. The third-order valence-corrected chi connectivity index (χ3v) is 5.46. The molecule has 7 nitrogen and oxygen atoms in total. The second kappa shape index (κ2) is 9.43. The smallest absolute Gasteiger partial charge is 0.308 e. The second-order valence-corrected chi connectivity index (χ2v) is 8.43. The number of esters is 1. The first-order chi connectivity index (χ1) is 14.7. The first kappa shape index (κ1) is 22.7. The normalized spacial score (nSPS) is 12.3. The van der Waals surface area contributed by atoms with Crippen LogP contribution in [-0.4, -0.2) is 35.9 Å². The molecule has 0 fully saturated rings. The van der Waals surface area contributed by atoms with E-state index in [4.69, 9.17) is 9.72 Å². The lowest BCUT2D eigenvalue weighted by Gasteiger charge is -2.16. The molecule has 1 atom stereocenters. The number of anilines is 1. The molecular formula is C23H25BrN4O3. The van der Waals surface area contributed by atoms with Crippen LogP contribution in [0.15, 0.2) is 50.8 Å². The minimum Gasteiger partial charge on any atom is -0.426 e. The molecule has 0 spiro atoms. The molecule has 3 aromatic rings. The Hall–Kier alpha value is -3.00. The van der Waals surface area contributed by atoms with Crippen molar-refractivity contribution in [2.45, 2.75) is 33.1 Å². The van der Waals surface area contributed by atoms with Gasteiger partial charge in [-0.1, -0.05) is 29.8 Å². The van der Waals surface area contributed by atoms with E-state index in [1.54, 1.807) is 18.2 Å². The van der Waals surface area contributed by atoms with Gasteiger partial charge in [-0.05, 0) is 36.8 Å². The Morgan fingerprint density at radius 3 is 2.68 bits per heavy atom. The Labute approximate surface area is 189 Å². The van der Waals surface area contributed by atoms with Crippen molar-refractivity contribution in [3.05, 3.63) is 62.6 Å². The lowest BCUT2D eigenvalue weighted by molar-refractivity contribution is -0.131. The summed E-state index contributed by atoms with van der Waals surface area (Å²) in [6.45, 7) is 5.39. The molecule has 0 aliphatic heterocycles. The number of aromatic nitrogens is 2. The van der Waals surface area contributed by atoms with Crippen molar-refractivity contribution in [1.29, 1.82) is 0 Å². The van der Waals surface area contributed by atoms with Crippen LogP contribution in [0.25, 0.3) is 10.9 Å². The van der Waals surface area contributed by atoms with Crippen LogP contribution < -0.4 is 15.2 Å². The van der Waals surface area contributed by atoms with Gasteiger partial charge in [-0.2, -0.15) is 9.78 Å². The lowest BCUT2D eigenvalue weighted by atomic mass is 10.1. The van der Waals surface area contributed by atoms with Crippen LogP contribution in [0.1, 0.15) is 44.5 Å². The van der Waals surface area contributed by atoms with Crippen LogP contribution in [-0.2, 0) is 4.79 Å². The van der Waals surface area contributed by atoms with Crippen molar-refractivity contribution in [3.63, 3.8) is 0 Å². The SMILES string of the molecule is CC[C@@H](C)c1nc2ccc(Br)cc2c(=O)n1N=Cc1ccc(N(C)C)cc1OC(C)=O. The molecule has 31 heavy (non-hydrogen) atoms. The van der Waals surface area contributed by atoms with Crippen molar-refractivity contribution in [1.82, 2.24) is 9.66 Å². The zero-order valence-electron chi connectivity index (χ0n) is 18.2. The van der Waals surface area contributed by atoms with Gasteiger partial charge in [0.1, 0.15) is 11.6 Å². The molecule has 1 aromatic heterocycles. The van der Waals surface area contributed by atoms with Gasteiger partial charge in [-0.15, -0.1) is 0 Å². The summed E-state index contributed by atoms with van der Waals surface area (Å²) in [6, 6.07) is 10.9. The van der Waals surface area contributed by atoms with E-state index in [-0.39, 0.29) is 11.5 Å². The van der Waals surface area contributed by atoms with Gasteiger partial charge in [0.2, 0.25) is 0 Å².